The van der Waals surface area contributed by atoms with E-state index in [1.807, 2.05) is 69.3 Å². The van der Waals surface area contributed by atoms with Gasteiger partial charge in [-0.15, -0.1) is 0 Å². The Hall–Kier alpha value is -2.60. The highest BCUT2D eigenvalue weighted by atomic mass is 32.2. The molecule has 1 aromatic heterocycles. The molecule has 5 nitrogen and oxygen atoms in total. The number of hydrogen-bond acceptors (Lipinski definition) is 4. The third-order valence-corrected chi connectivity index (χ3v) is 5.57. The number of carbonyl (C=O) groups is 1. The first kappa shape index (κ1) is 19.2. The van der Waals surface area contributed by atoms with Crippen molar-refractivity contribution in [1.29, 1.82) is 0 Å². The van der Waals surface area contributed by atoms with Crippen molar-refractivity contribution in [3.8, 4) is 0 Å². The molecule has 0 saturated heterocycles. The Morgan fingerprint density at radius 3 is 2.48 bits per heavy atom. The van der Waals surface area contributed by atoms with E-state index in [9.17, 15) is 9.59 Å². The summed E-state index contributed by atoms with van der Waals surface area (Å²) in [6.45, 7) is 5.86. The van der Waals surface area contributed by atoms with E-state index in [1.165, 1.54) is 11.8 Å². The van der Waals surface area contributed by atoms with Gasteiger partial charge in [0.2, 0.25) is 5.91 Å². The fraction of sp³-hybridized carbons (Fsp3) is 0.286. The van der Waals surface area contributed by atoms with Gasteiger partial charge >= 0.3 is 0 Å². The molecule has 0 radical (unpaired) electrons. The molecule has 27 heavy (non-hydrogen) atoms. The van der Waals surface area contributed by atoms with Crippen LogP contribution in [0.3, 0.4) is 0 Å². The summed E-state index contributed by atoms with van der Waals surface area (Å²) in [6.07, 6.45) is 0.804. The number of amides is 1. The van der Waals surface area contributed by atoms with Crippen LogP contribution in [0.2, 0.25) is 0 Å². The summed E-state index contributed by atoms with van der Waals surface area (Å²) in [5.41, 5.74) is 1.34. The SMILES string of the molecule is CC[C@@H](C)n1c(S[C@H](C)C(=O)Nc2ccccc2)nc2ccccc2c1=O. The number of hydrogen-bond donors (Lipinski definition) is 1. The first-order chi connectivity index (χ1) is 13.0. The highest BCUT2D eigenvalue weighted by Crippen LogP contribution is 2.26. The Labute approximate surface area is 162 Å². The Morgan fingerprint density at radius 1 is 1.11 bits per heavy atom. The number of nitrogens with one attached hydrogen (secondary N) is 1. The quantitative estimate of drug-likeness (QED) is 0.505. The number of anilines is 1. The van der Waals surface area contributed by atoms with Crippen LogP contribution in [0.15, 0.2) is 64.5 Å². The predicted octanol–water partition coefficient (Wildman–Crippen LogP) is 4.49. The van der Waals surface area contributed by atoms with E-state index in [4.69, 9.17) is 0 Å². The van der Waals surface area contributed by atoms with Crippen LogP contribution in [0.5, 0.6) is 0 Å². The van der Waals surface area contributed by atoms with Crippen molar-refractivity contribution in [1.82, 2.24) is 9.55 Å². The largest absolute Gasteiger partial charge is 0.325 e. The van der Waals surface area contributed by atoms with Crippen molar-refractivity contribution < 1.29 is 4.79 Å². The van der Waals surface area contributed by atoms with Gasteiger partial charge in [-0.05, 0) is 44.5 Å². The second-order valence-corrected chi connectivity index (χ2v) is 7.77. The van der Waals surface area contributed by atoms with Crippen molar-refractivity contribution in [2.75, 3.05) is 5.32 Å². The Morgan fingerprint density at radius 2 is 1.78 bits per heavy atom. The second kappa shape index (κ2) is 8.39. The van der Waals surface area contributed by atoms with Gasteiger partial charge < -0.3 is 5.32 Å². The van der Waals surface area contributed by atoms with Crippen molar-refractivity contribution in [3.05, 3.63) is 65.0 Å². The molecule has 0 spiro atoms. The summed E-state index contributed by atoms with van der Waals surface area (Å²) in [5.74, 6) is -0.121. The van der Waals surface area contributed by atoms with Crippen molar-refractivity contribution >= 4 is 34.3 Å². The molecule has 1 N–H and O–H groups in total. The molecule has 0 saturated carbocycles. The molecule has 3 aromatic rings. The summed E-state index contributed by atoms with van der Waals surface area (Å²) in [5, 5.41) is 3.68. The highest BCUT2D eigenvalue weighted by molar-refractivity contribution is 8.00. The van der Waals surface area contributed by atoms with Gasteiger partial charge in [0.15, 0.2) is 5.16 Å². The monoisotopic (exact) mass is 381 g/mol. The summed E-state index contributed by atoms with van der Waals surface area (Å²) in [4.78, 5) is 30.3. The van der Waals surface area contributed by atoms with E-state index >= 15 is 0 Å². The van der Waals surface area contributed by atoms with Crippen molar-refractivity contribution in [3.63, 3.8) is 0 Å². The van der Waals surface area contributed by atoms with Crippen LogP contribution in [0.25, 0.3) is 10.9 Å². The number of para-hydroxylation sites is 2. The van der Waals surface area contributed by atoms with Crippen LogP contribution in [0.4, 0.5) is 5.69 Å². The molecule has 0 bridgehead atoms. The fourth-order valence-electron chi connectivity index (χ4n) is 2.76. The van der Waals surface area contributed by atoms with Gasteiger partial charge in [0.05, 0.1) is 16.2 Å². The van der Waals surface area contributed by atoms with Crippen LogP contribution >= 0.6 is 11.8 Å². The lowest BCUT2D eigenvalue weighted by molar-refractivity contribution is -0.115. The van der Waals surface area contributed by atoms with Crippen molar-refractivity contribution in [2.24, 2.45) is 0 Å². The first-order valence-corrected chi connectivity index (χ1v) is 9.93. The van der Waals surface area contributed by atoms with Gasteiger partial charge in [0.1, 0.15) is 0 Å². The maximum absolute atomic E-state index is 13.0. The molecule has 0 aliphatic carbocycles. The standard InChI is InChI=1S/C21H23N3O2S/c1-4-14(2)24-20(26)17-12-8-9-13-18(17)23-21(24)27-15(3)19(25)22-16-10-6-5-7-11-16/h5-15H,4H2,1-3H3,(H,22,25)/t14-,15-/m1/s1. The molecule has 6 heteroatoms. The lowest BCUT2D eigenvalue weighted by Gasteiger charge is -2.20. The van der Waals surface area contributed by atoms with Crippen LogP contribution in [-0.2, 0) is 4.79 Å². The van der Waals surface area contributed by atoms with Gasteiger partial charge in [0.25, 0.3) is 5.56 Å². The number of rotatable bonds is 6. The van der Waals surface area contributed by atoms with Crippen LogP contribution in [0.1, 0.15) is 33.2 Å². The normalized spacial score (nSPS) is 13.3. The Balaban J connectivity index is 1.93. The smallest absolute Gasteiger partial charge is 0.262 e. The topological polar surface area (TPSA) is 64.0 Å². The molecule has 1 heterocycles. The molecule has 3 rings (SSSR count). The number of carbonyl (C=O) groups excluding carboxylic acids is 1. The number of thioether (sulfide) groups is 1. The molecule has 0 fully saturated rings. The fourth-order valence-corrected chi connectivity index (χ4v) is 3.77. The first-order valence-electron chi connectivity index (χ1n) is 9.05. The van der Waals surface area contributed by atoms with E-state index < -0.39 is 5.25 Å². The van der Waals surface area contributed by atoms with Gasteiger partial charge in [-0.25, -0.2) is 4.98 Å². The summed E-state index contributed by atoms with van der Waals surface area (Å²) in [7, 11) is 0. The van der Waals surface area contributed by atoms with E-state index in [1.54, 1.807) is 10.6 Å². The maximum atomic E-state index is 13.0. The second-order valence-electron chi connectivity index (χ2n) is 6.46. The zero-order valence-corrected chi connectivity index (χ0v) is 16.5. The lowest BCUT2D eigenvalue weighted by Crippen LogP contribution is -2.28. The molecule has 2 atom stereocenters. The summed E-state index contributed by atoms with van der Waals surface area (Å²) >= 11 is 1.31. The van der Waals surface area contributed by atoms with Crippen LogP contribution in [-0.4, -0.2) is 20.7 Å². The average molecular weight is 382 g/mol. The minimum atomic E-state index is -0.395. The van der Waals surface area contributed by atoms with E-state index in [-0.39, 0.29) is 17.5 Å². The van der Waals surface area contributed by atoms with Gasteiger partial charge in [-0.3, -0.25) is 14.2 Å². The summed E-state index contributed by atoms with van der Waals surface area (Å²) in [6, 6.07) is 16.7. The lowest BCUT2D eigenvalue weighted by atomic mass is 10.2. The third-order valence-electron chi connectivity index (χ3n) is 4.50. The summed E-state index contributed by atoms with van der Waals surface area (Å²) < 4.78 is 1.71. The van der Waals surface area contributed by atoms with Crippen molar-refractivity contribution in [2.45, 2.75) is 43.6 Å². The Kier molecular flexibility index (Phi) is 5.96. The van der Waals surface area contributed by atoms with E-state index in [2.05, 4.69) is 10.3 Å². The minimum absolute atomic E-state index is 0.00138. The molecular formula is C21H23N3O2S. The number of fused-ring (bicyclic) bond motifs is 1. The number of benzene rings is 2. The molecular weight excluding hydrogens is 358 g/mol. The maximum Gasteiger partial charge on any atom is 0.262 e. The minimum Gasteiger partial charge on any atom is -0.325 e. The van der Waals surface area contributed by atoms with E-state index in [0.717, 1.165) is 12.1 Å². The zero-order valence-electron chi connectivity index (χ0n) is 15.7. The van der Waals surface area contributed by atoms with E-state index in [0.29, 0.717) is 16.1 Å². The van der Waals surface area contributed by atoms with Crippen LogP contribution in [0, 0.1) is 0 Å². The number of aromatic nitrogens is 2. The van der Waals surface area contributed by atoms with Crippen LogP contribution < -0.4 is 10.9 Å². The zero-order chi connectivity index (χ0) is 19.4. The molecule has 2 aromatic carbocycles. The highest BCUT2D eigenvalue weighted by Gasteiger charge is 2.21. The average Bonchev–Trinajstić information content (AvgIpc) is 2.68. The molecule has 140 valence electrons. The third kappa shape index (κ3) is 4.22. The van der Waals surface area contributed by atoms with Gasteiger partial charge in [-0.1, -0.05) is 49.0 Å². The Bertz CT molecular complexity index is 1000. The molecule has 0 aliphatic heterocycles. The van der Waals surface area contributed by atoms with Gasteiger partial charge in [0, 0.05) is 11.7 Å². The molecule has 1 amide bonds. The molecule has 0 unspecified atom stereocenters. The molecule has 0 aliphatic rings. The van der Waals surface area contributed by atoms with Gasteiger partial charge in [-0.2, -0.15) is 0 Å². The predicted molar refractivity (Wildman–Crippen MR) is 111 cm³/mol. The number of nitrogens with zero attached hydrogens (tertiary/aromatic N) is 2.